The van der Waals surface area contributed by atoms with Gasteiger partial charge in [0.2, 0.25) is 5.91 Å². The van der Waals surface area contributed by atoms with E-state index in [0.717, 1.165) is 38.5 Å². The lowest BCUT2D eigenvalue weighted by Gasteiger charge is -2.22. The van der Waals surface area contributed by atoms with Gasteiger partial charge in [-0.25, -0.2) is 0 Å². The molecule has 0 aliphatic rings. The summed E-state index contributed by atoms with van der Waals surface area (Å²) in [5.74, 6) is -0.0518. The minimum atomic E-state index is -0.681. The molecule has 0 spiro atoms. The van der Waals surface area contributed by atoms with E-state index in [1.54, 1.807) is 0 Å². The Hall–Kier alpha value is -1.13. The van der Waals surface area contributed by atoms with Gasteiger partial charge in [0.15, 0.2) is 0 Å². The third-order valence-corrected chi connectivity index (χ3v) is 7.93. The Morgan fingerprint density at radius 1 is 0.575 bits per heavy atom. The molecule has 0 aromatic carbocycles. The Bertz CT molecular complexity index is 574. The summed E-state index contributed by atoms with van der Waals surface area (Å²) in [6.45, 7) is 4.31. The number of nitrogens with one attached hydrogen (secondary N) is 1. The molecule has 3 N–H and O–H groups in total. The summed E-state index contributed by atoms with van der Waals surface area (Å²) >= 11 is 0. The van der Waals surface area contributed by atoms with Gasteiger partial charge in [-0.05, 0) is 64.2 Å². The predicted molar refractivity (Wildman–Crippen MR) is 175 cm³/mol. The molecule has 0 saturated carbocycles. The summed E-state index contributed by atoms with van der Waals surface area (Å²) in [6.07, 6.45) is 39.4. The third-order valence-electron chi connectivity index (χ3n) is 7.93. The molecule has 4 heteroatoms. The number of allylic oxidation sites excluding steroid dienone is 4. The molecular formula is C36H69NO3. The van der Waals surface area contributed by atoms with Crippen LogP contribution in [-0.2, 0) is 4.79 Å². The van der Waals surface area contributed by atoms with Crippen LogP contribution in [-0.4, -0.2) is 34.9 Å². The van der Waals surface area contributed by atoms with Crippen molar-refractivity contribution in [2.24, 2.45) is 0 Å². The second-order valence-electron chi connectivity index (χ2n) is 11.9. The number of hydrogen-bond acceptors (Lipinski definition) is 3. The molecule has 1 amide bonds. The van der Waals surface area contributed by atoms with Gasteiger partial charge in [-0.1, -0.05) is 134 Å². The van der Waals surface area contributed by atoms with Crippen LogP contribution in [0.4, 0.5) is 0 Å². The van der Waals surface area contributed by atoms with Crippen molar-refractivity contribution in [3.05, 3.63) is 24.3 Å². The lowest BCUT2D eigenvalue weighted by Crippen LogP contribution is -2.45. The largest absolute Gasteiger partial charge is 0.394 e. The fourth-order valence-electron chi connectivity index (χ4n) is 5.17. The molecule has 0 bridgehead atoms. The van der Waals surface area contributed by atoms with Gasteiger partial charge in [-0.15, -0.1) is 0 Å². The molecule has 4 nitrogen and oxygen atoms in total. The third kappa shape index (κ3) is 28.4. The number of rotatable bonds is 31. The number of unbranched alkanes of at least 4 members (excludes halogenated alkanes) is 20. The van der Waals surface area contributed by atoms with Gasteiger partial charge in [-0.3, -0.25) is 4.79 Å². The van der Waals surface area contributed by atoms with Crippen molar-refractivity contribution in [1.82, 2.24) is 5.32 Å². The summed E-state index contributed by atoms with van der Waals surface area (Å²) in [4.78, 5) is 12.3. The van der Waals surface area contributed by atoms with Gasteiger partial charge in [0.05, 0.1) is 18.8 Å². The smallest absolute Gasteiger partial charge is 0.220 e. The van der Waals surface area contributed by atoms with Crippen LogP contribution in [0.25, 0.3) is 0 Å². The second-order valence-corrected chi connectivity index (χ2v) is 11.9. The van der Waals surface area contributed by atoms with Gasteiger partial charge in [0, 0.05) is 6.42 Å². The van der Waals surface area contributed by atoms with E-state index in [9.17, 15) is 15.0 Å². The standard InChI is InChI=1S/C36H69NO3/c1-3-5-7-9-11-13-15-17-18-20-22-24-26-28-30-32-36(40)37-34(33-38)35(39)31-29-27-25-23-21-19-16-14-12-10-8-6-4-2/h17-18,21,23,34-35,38-39H,3-16,19-20,22,24-33H2,1-2H3,(H,37,40)/b18-17+,23-21+/t34-,35+/m0/s1. The van der Waals surface area contributed by atoms with Gasteiger partial charge in [0.25, 0.3) is 0 Å². The van der Waals surface area contributed by atoms with Crippen molar-refractivity contribution in [3.8, 4) is 0 Å². The molecule has 0 aliphatic carbocycles. The van der Waals surface area contributed by atoms with Crippen molar-refractivity contribution >= 4 is 5.91 Å². The Morgan fingerprint density at radius 3 is 1.38 bits per heavy atom. The Kier molecular flexibility index (Phi) is 31.5. The minimum absolute atomic E-state index is 0.0518. The first kappa shape index (κ1) is 38.9. The molecule has 236 valence electrons. The van der Waals surface area contributed by atoms with Gasteiger partial charge >= 0.3 is 0 Å². The summed E-state index contributed by atoms with van der Waals surface area (Å²) in [5, 5.41) is 23.0. The zero-order valence-corrected chi connectivity index (χ0v) is 26.9. The van der Waals surface area contributed by atoms with Gasteiger partial charge in [-0.2, -0.15) is 0 Å². The van der Waals surface area contributed by atoms with E-state index in [4.69, 9.17) is 0 Å². The predicted octanol–water partition coefficient (Wildman–Crippen LogP) is 10.1. The van der Waals surface area contributed by atoms with Crippen molar-refractivity contribution in [2.75, 3.05) is 6.61 Å². The van der Waals surface area contributed by atoms with Crippen LogP contribution in [0.1, 0.15) is 181 Å². The number of amides is 1. The number of aliphatic hydroxyl groups excluding tert-OH is 2. The van der Waals surface area contributed by atoms with Crippen LogP contribution >= 0.6 is 0 Å². The van der Waals surface area contributed by atoms with Crippen molar-refractivity contribution in [1.29, 1.82) is 0 Å². The van der Waals surface area contributed by atoms with Crippen LogP contribution in [0, 0.1) is 0 Å². The molecule has 0 fully saturated rings. The SMILES string of the molecule is CCCCCCCC/C=C/CCCCCCCC(=O)N[C@@H](CO)[C@H](O)CCCC/C=C/CCCCCCCCC. The summed E-state index contributed by atoms with van der Waals surface area (Å²) in [7, 11) is 0. The number of hydrogen-bond donors (Lipinski definition) is 3. The first-order chi connectivity index (χ1) is 19.7. The quantitative estimate of drug-likeness (QED) is 0.0580. The normalized spacial score (nSPS) is 13.4. The van der Waals surface area contributed by atoms with E-state index in [1.807, 2.05) is 0 Å². The highest BCUT2D eigenvalue weighted by Crippen LogP contribution is 2.12. The maximum absolute atomic E-state index is 12.3. The molecule has 40 heavy (non-hydrogen) atoms. The molecule has 0 saturated heterocycles. The average molecular weight is 564 g/mol. The Labute approximate surface area is 249 Å². The van der Waals surface area contributed by atoms with E-state index in [-0.39, 0.29) is 12.5 Å². The highest BCUT2D eigenvalue weighted by Gasteiger charge is 2.19. The van der Waals surface area contributed by atoms with E-state index in [0.29, 0.717) is 12.8 Å². The maximum Gasteiger partial charge on any atom is 0.220 e. The highest BCUT2D eigenvalue weighted by molar-refractivity contribution is 5.76. The molecule has 0 aromatic heterocycles. The molecule has 0 heterocycles. The lowest BCUT2D eigenvalue weighted by atomic mass is 10.0. The fraction of sp³-hybridized carbons (Fsp3) is 0.861. The molecule has 0 unspecified atom stereocenters. The summed E-state index contributed by atoms with van der Waals surface area (Å²) < 4.78 is 0. The van der Waals surface area contributed by atoms with Crippen molar-refractivity contribution in [3.63, 3.8) is 0 Å². The Morgan fingerprint density at radius 2 is 0.950 bits per heavy atom. The van der Waals surface area contributed by atoms with Crippen LogP contribution in [0.15, 0.2) is 24.3 Å². The van der Waals surface area contributed by atoms with Crippen molar-refractivity contribution < 1.29 is 15.0 Å². The molecule has 0 rings (SSSR count). The summed E-state index contributed by atoms with van der Waals surface area (Å²) in [6, 6.07) is -0.552. The van der Waals surface area contributed by atoms with E-state index in [1.165, 1.54) is 116 Å². The van der Waals surface area contributed by atoms with Crippen LogP contribution in [0.3, 0.4) is 0 Å². The van der Waals surface area contributed by atoms with Gasteiger partial charge < -0.3 is 15.5 Å². The van der Waals surface area contributed by atoms with Crippen LogP contribution in [0.5, 0.6) is 0 Å². The topological polar surface area (TPSA) is 69.6 Å². The molecular weight excluding hydrogens is 494 g/mol. The second kappa shape index (κ2) is 32.4. The zero-order valence-electron chi connectivity index (χ0n) is 26.9. The van der Waals surface area contributed by atoms with Crippen LogP contribution in [0.2, 0.25) is 0 Å². The average Bonchev–Trinajstić information content (AvgIpc) is 2.96. The first-order valence-corrected chi connectivity index (χ1v) is 17.5. The first-order valence-electron chi connectivity index (χ1n) is 17.5. The maximum atomic E-state index is 12.3. The zero-order chi connectivity index (χ0) is 29.4. The highest BCUT2D eigenvalue weighted by atomic mass is 16.3. The van der Waals surface area contributed by atoms with Gasteiger partial charge in [0.1, 0.15) is 0 Å². The lowest BCUT2D eigenvalue weighted by molar-refractivity contribution is -0.123. The molecule has 2 atom stereocenters. The minimum Gasteiger partial charge on any atom is -0.394 e. The van der Waals surface area contributed by atoms with E-state index < -0.39 is 12.1 Å². The number of aliphatic hydroxyl groups is 2. The monoisotopic (exact) mass is 564 g/mol. The fourth-order valence-corrected chi connectivity index (χ4v) is 5.17. The Balaban J connectivity index is 3.63. The molecule has 0 radical (unpaired) electrons. The number of carbonyl (C=O) groups is 1. The molecule has 0 aromatic rings. The van der Waals surface area contributed by atoms with Crippen molar-refractivity contribution in [2.45, 2.75) is 193 Å². The van der Waals surface area contributed by atoms with E-state index in [2.05, 4.69) is 43.5 Å². The molecule has 0 aliphatic heterocycles. The van der Waals surface area contributed by atoms with Crippen LogP contribution < -0.4 is 5.32 Å². The number of carbonyl (C=O) groups excluding carboxylic acids is 1. The van der Waals surface area contributed by atoms with E-state index >= 15 is 0 Å². The summed E-state index contributed by atoms with van der Waals surface area (Å²) in [5.41, 5.74) is 0.